The zero-order valence-corrected chi connectivity index (χ0v) is 5.89. The quantitative estimate of drug-likeness (QED) is 0.545. The standard InChI is InChI=1S/C7H12N2O/c10-7-4-6(8-9-7)5-2-1-3-5/h5-6,8H,1-4H2,(H,9,10). The average Bonchev–Trinajstić information content (AvgIpc) is 2.10. The molecule has 3 nitrogen and oxygen atoms in total. The van der Waals surface area contributed by atoms with Crippen molar-refractivity contribution in [3.63, 3.8) is 0 Å². The molecule has 10 heavy (non-hydrogen) atoms. The van der Waals surface area contributed by atoms with Crippen molar-refractivity contribution >= 4 is 5.91 Å². The van der Waals surface area contributed by atoms with Crippen LogP contribution in [-0.2, 0) is 4.79 Å². The first-order valence-electron chi connectivity index (χ1n) is 3.90. The van der Waals surface area contributed by atoms with Crippen LogP contribution in [0.15, 0.2) is 0 Å². The van der Waals surface area contributed by atoms with Crippen molar-refractivity contribution < 1.29 is 4.79 Å². The lowest BCUT2D eigenvalue weighted by molar-refractivity contribution is -0.119. The number of hydrogen-bond donors (Lipinski definition) is 2. The Morgan fingerprint density at radius 2 is 2.20 bits per heavy atom. The van der Waals surface area contributed by atoms with Gasteiger partial charge in [0.1, 0.15) is 0 Å². The second kappa shape index (κ2) is 2.23. The molecule has 2 fully saturated rings. The van der Waals surface area contributed by atoms with Crippen molar-refractivity contribution in [2.45, 2.75) is 31.7 Å². The second-order valence-corrected chi connectivity index (χ2v) is 3.19. The molecule has 1 atom stereocenters. The van der Waals surface area contributed by atoms with Gasteiger partial charge in [-0.3, -0.25) is 10.2 Å². The minimum atomic E-state index is 0.150. The molecule has 0 bridgehead atoms. The van der Waals surface area contributed by atoms with Gasteiger partial charge in [-0.15, -0.1) is 0 Å². The molecule has 0 aromatic heterocycles. The fourth-order valence-electron chi connectivity index (χ4n) is 1.60. The van der Waals surface area contributed by atoms with E-state index in [1.54, 1.807) is 0 Å². The van der Waals surface area contributed by atoms with Gasteiger partial charge in [0.25, 0.3) is 0 Å². The number of rotatable bonds is 1. The van der Waals surface area contributed by atoms with Gasteiger partial charge >= 0.3 is 0 Å². The maximum absolute atomic E-state index is 10.7. The van der Waals surface area contributed by atoms with Gasteiger partial charge in [-0.05, 0) is 18.8 Å². The molecule has 1 saturated carbocycles. The van der Waals surface area contributed by atoms with Crippen LogP contribution in [0.5, 0.6) is 0 Å². The zero-order chi connectivity index (χ0) is 6.97. The van der Waals surface area contributed by atoms with Gasteiger partial charge in [0, 0.05) is 12.5 Å². The van der Waals surface area contributed by atoms with Crippen LogP contribution in [0.25, 0.3) is 0 Å². The molecule has 2 N–H and O–H groups in total. The van der Waals surface area contributed by atoms with E-state index in [0.717, 1.165) is 5.92 Å². The molecule has 1 heterocycles. The van der Waals surface area contributed by atoms with E-state index < -0.39 is 0 Å². The molecule has 56 valence electrons. The Morgan fingerprint density at radius 1 is 1.40 bits per heavy atom. The largest absolute Gasteiger partial charge is 0.291 e. The van der Waals surface area contributed by atoms with Gasteiger partial charge in [0.05, 0.1) is 0 Å². The molecule has 0 aromatic rings. The average molecular weight is 140 g/mol. The van der Waals surface area contributed by atoms with Gasteiger partial charge < -0.3 is 0 Å². The molecule has 2 aliphatic rings. The lowest BCUT2D eigenvalue weighted by Crippen LogP contribution is -2.38. The van der Waals surface area contributed by atoms with Crippen molar-refractivity contribution in [1.82, 2.24) is 10.9 Å². The van der Waals surface area contributed by atoms with Crippen molar-refractivity contribution in [3.8, 4) is 0 Å². The Morgan fingerprint density at radius 3 is 2.60 bits per heavy atom. The fraction of sp³-hybridized carbons (Fsp3) is 0.857. The molecule has 0 aromatic carbocycles. The smallest absolute Gasteiger partial charge is 0.235 e. The summed E-state index contributed by atoms with van der Waals surface area (Å²) in [5.41, 5.74) is 5.64. The van der Waals surface area contributed by atoms with E-state index >= 15 is 0 Å². The van der Waals surface area contributed by atoms with Crippen molar-refractivity contribution in [2.75, 3.05) is 0 Å². The molecule has 0 spiro atoms. The molecule has 1 saturated heterocycles. The second-order valence-electron chi connectivity index (χ2n) is 3.19. The number of hydrogen-bond acceptors (Lipinski definition) is 2. The highest BCUT2D eigenvalue weighted by atomic mass is 16.2. The summed E-state index contributed by atoms with van der Waals surface area (Å²) in [7, 11) is 0. The minimum Gasteiger partial charge on any atom is -0.291 e. The van der Waals surface area contributed by atoms with Crippen LogP contribution in [0.3, 0.4) is 0 Å². The van der Waals surface area contributed by atoms with E-state index in [2.05, 4.69) is 10.9 Å². The number of hydrazine groups is 1. The summed E-state index contributed by atoms with van der Waals surface area (Å²) in [6, 6.07) is 0.432. The van der Waals surface area contributed by atoms with Crippen LogP contribution in [0.2, 0.25) is 0 Å². The van der Waals surface area contributed by atoms with Crippen LogP contribution in [0.1, 0.15) is 25.7 Å². The van der Waals surface area contributed by atoms with Crippen LogP contribution < -0.4 is 10.9 Å². The maximum Gasteiger partial charge on any atom is 0.235 e. The van der Waals surface area contributed by atoms with Gasteiger partial charge in [-0.25, -0.2) is 5.43 Å². The van der Waals surface area contributed by atoms with E-state index in [1.807, 2.05) is 0 Å². The monoisotopic (exact) mass is 140 g/mol. The Kier molecular flexibility index (Phi) is 1.38. The summed E-state index contributed by atoms with van der Waals surface area (Å²) in [6.07, 6.45) is 4.63. The first-order valence-corrected chi connectivity index (χ1v) is 3.90. The first kappa shape index (κ1) is 6.16. The molecule has 1 unspecified atom stereocenters. The van der Waals surface area contributed by atoms with Crippen molar-refractivity contribution in [3.05, 3.63) is 0 Å². The summed E-state index contributed by atoms with van der Waals surface area (Å²) >= 11 is 0. The Balaban J connectivity index is 1.88. The minimum absolute atomic E-state index is 0.150. The molecule has 1 amide bonds. The summed E-state index contributed by atoms with van der Waals surface area (Å²) < 4.78 is 0. The van der Waals surface area contributed by atoms with Crippen LogP contribution in [0, 0.1) is 5.92 Å². The third kappa shape index (κ3) is 0.904. The van der Waals surface area contributed by atoms with Crippen LogP contribution >= 0.6 is 0 Å². The van der Waals surface area contributed by atoms with E-state index in [4.69, 9.17) is 0 Å². The molecular weight excluding hydrogens is 128 g/mol. The topological polar surface area (TPSA) is 41.1 Å². The predicted octanol–water partition coefficient (Wildman–Crippen LogP) is 0.180. The van der Waals surface area contributed by atoms with E-state index in [0.29, 0.717) is 12.5 Å². The normalized spacial score (nSPS) is 33.6. The van der Waals surface area contributed by atoms with E-state index in [9.17, 15) is 4.79 Å². The highest BCUT2D eigenvalue weighted by Gasteiger charge is 2.32. The molecule has 1 aliphatic carbocycles. The highest BCUT2D eigenvalue weighted by Crippen LogP contribution is 2.31. The number of nitrogens with one attached hydrogen (secondary N) is 2. The third-order valence-corrected chi connectivity index (χ3v) is 2.52. The van der Waals surface area contributed by atoms with Gasteiger partial charge in [-0.1, -0.05) is 6.42 Å². The summed E-state index contributed by atoms with van der Waals surface area (Å²) in [4.78, 5) is 10.7. The maximum atomic E-state index is 10.7. The van der Waals surface area contributed by atoms with Gasteiger partial charge in [0.15, 0.2) is 0 Å². The van der Waals surface area contributed by atoms with Crippen LogP contribution in [0.4, 0.5) is 0 Å². The summed E-state index contributed by atoms with van der Waals surface area (Å²) in [5.74, 6) is 0.913. The molecule has 3 heteroatoms. The first-order chi connectivity index (χ1) is 4.86. The van der Waals surface area contributed by atoms with Crippen molar-refractivity contribution in [2.24, 2.45) is 5.92 Å². The number of carbonyl (C=O) groups is 1. The van der Waals surface area contributed by atoms with E-state index in [1.165, 1.54) is 19.3 Å². The lowest BCUT2D eigenvalue weighted by Gasteiger charge is -2.29. The fourth-order valence-corrected chi connectivity index (χ4v) is 1.60. The highest BCUT2D eigenvalue weighted by molar-refractivity contribution is 5.78. The van der Waals surface area contributed by atoms with Gasteiger partial charge in [0.2, 0.25) is 5.91 Å². The zero-order valence-electron chi connectivity index (χ0n) is 5.89. The predicted molar refractivity (Wildman–Crippen MR) is 37.0 cm³/mol. The molecule has 1 aliphatic heterocycles. The van der Waals surface area contributed by atoms with Crippen molar-refractivity contribution in [1.29, 1.82) is 0 Å². The Labute approximate surface area is 60.1 Å². The molecule has 0 radical (unpaired) electrons. The number of carbonyl (C=O) groups excluding carboxylic acids is 1. The Bertz CT molecular complexity index is 154. The Hall–Kier alpha value is -0.570. The third-order valence-electron chi connectivity index (χ3n) is 2.52. The van der Waals surface area contributed by atoms with Crippen LogP contribution in [-0.4, -0.2) is 11.9 Å². The van der Waals surface area contributed by atoms with E-state index in [-0.39, 0.29) is 5.91 Å². The number of amides is 1. The summed E-state index contributed by atoms with van der Waals surface area (Å²) in [6.45, 7) is 0. The molecular formula is C7H12N2O. The summed E-state index contributed by atoms with van der Waals surface area (Å²) in [5, 5.41) is 0. The lowest BCUT2D eigenvalue weighted by atomic mass is 9.79. The molecule has 2 rings (SSSR count). The van der Waals surface area contributed by atoms with Gasteiger partial charge in [-0.2, -0.15) is 0 Å². The SMILES string of the molecule is O=C1CC(C2CCC2)NN1.